The van der Waals surface area contributed by atoms with Crippen LogP contribution >= 0.6 is 0 Å². The molecule has 0 heterocycles. The maximum absolute atomic E-state index is 11.5. The van der Waals surface area contributed by atoms with E-state index in [1.54, 1.807) is 0 Å². The van der Waals surface area contributed by atoms with Crippen molar-refractivity contribution in [3.05, 3.63) is 71.8 Å². The second kappa shape index (κ2) is 13.7. The summed E-state index contributed by atoms with van der Waals surface area (Å²) in [5, 5.41) is 9.10. The zero-order chi connectivity index (χ0) is 23.2. The molecule has 1 fully saturated rings. The quantitative estimate of drug-likeness (QED) is 0.453. The minimum atomic E-state index is -0.605. The number of aliphatic hydroxyl groups excluding tert-OH is 1. The molecular weight excluding hydrogens is 406 g/mol. The number of nitrogens with two attached hydrogens (primary N) is 1. The number of carbonyl (C=O) groups is 2. The highest BCUT2D eigenvalue weighted by molar-refractivity contribution is 5.81. The lowest BCUT2D eigenvalue weighted by Gasteiger charge is -2.34. The molecule has 0 unspecified atom stereocenters. The average molecular weight is 442 g/mol. The third-order valence-electron chi connectivity index (χ3n) is 5.86. The summed E-state index contributed by atoms with van der Waals surface area (Å²) in [5.41, 5.74) is 6.75. The summed E-state index contributed by atoms with van der Waals surface area (Å²) in [6, 6.07) is 19.5. The molecule has 3 N–H and O–H groups in total. The number of carbonyl (C=O) groups excluding carboxylic acids is 2. The van der Waals surface area contributed by atoms with E-state index in [0.717, 1.165) is 36.8 Å². The molecule has 2 aromatic carbocycles. The Bertz CT molecular complexity index is 801. The molecule has 0 spiro atoms. The van der Waals surface area contributed by atoms with Crippen LogP contribution in [0, 0.1) is 11.3 Å². The number of benzene rings is 2. The van der Waals surface area contributed by atoms with Gasteiger partial charge in [-0.1, -0.05) is 67.6 Å². The smallest absolute Gasteiger partial charge is 0.308 e. The molecule has 0 bridgehead atoms. The summed E-state index contributed by atoms with van der Waals surface area (Å²) in [6.07, 6.45) is 3.78. The monoisotopic (exact) mass is 441 g/mol. The Morgan fingerprint density at radius 3 is 2.00 bits per heavy atom. The fraction of sp³-hybridized carbons (Fsp3) is 0.462. The lowest BCUT2D eigenvalue weighted by atomic mass is 9.71. The summed E-state index contributed by atoms with van der Waals surface area (Å²) in [7, 11) is 0. The number of rotatable bonds is 9. The highest BCUT2D eigenvalue weighted by Crippen LogP contribution is 2.38. The van der Waals surface area contributed by atoms with Crippen molar-refractivity contribution < 1.29 is 24.2 Å². The Kier molecular flexibility index (Phi) is 10.9. The fourth-order valence-electron chi connectivity index (χ4n) is 3.53. The molecule has 0 aliphatic heterocycles. The number of esters is 1. The average Bonchev–Trinajstić information content (AvgIpc) is 2.83. The first-order chi connectivity index (χ1) is 15.4. The van der Waals surface area contributed by atoms with Gasteiger partial charge in [-0.05, 0) is 42.7 Å². The second-order valence-corrected chi connectivity index (χ2v) is 8.42. The minimum Gasteiger partial charge on any atom is -0.461 e. The van der Waals surface area contributed by atoms with Gasteiger partial charge in [-0.25, -0.2) is 0 Å². The number of amides is 1. The lowest BCUT2D eigenvalue weighted by molar-refractivity contribution is -0.146. The molecule has 32 heavy (non-hydrogen) atoms. The maximum Gasteiger partial charge on any atom is 0.308 e. The zero-order valence-corrected chi connectivity index (χ0v) is 18.9. The van der Waals surface area contributed by atoms with Crippen molar-refractivity contribution in [1.82, 2.24) is 0 Å². The zero-order valence-electron chi connectivity index (χ0n) is 18.9. The van der Waals surface area contributed by atoms with Gasteiger partial charge in [0.2, 0.25) is 5.91 Å². The molecule has 1 amide bonds. The molecule has 1 saturated carbocycles. The molecule has 3 rings (SSSR count). The minimum absolute atomic E-state index is 0.0882. The largest absolute Gasteiger partial charge is 0.461 e. The third kappa shape index (κ3) is 8.81. The topological polar surface area (TPSA) is 98.9 Å². The van der Waals surface area contributed by atoms with Gasteiger partial charge < -0.3 is 20.3 Å². The van der Waals surface area contributed by atoms with E-state index in [2.05, 4.69) is 6.92 Å². The van der Waals surface area contributed by atoms with Crippen molar-refractivity contribution in [3.63, 3.8) is 0 Å². The summed E-state index contributed by atoms with van der Waals surface area (Å²) >= 11 is 0. The van der Waals surface area contributed by atoms with Crippen LogP contribution in [-0.2, 0) is 32.3 Å². The van der Waals surface area contributed by atoms with Gasteiger partial charge in [0.25, 0.3) is 0 Å². The predicted octanol–water partition coefficient (Wildman–Crippen LogP) is 4.00. The fourth-order valence-corrected chi connectivity index (χ4v) is 3.53. The van der Waals surface area contributed by atoms with Crippen molar-refractivity contribution in [2.24, 2.45) is 17.1 Å². The van der Waals surface area contributed by atoms with Crippen molar-refractivity contribution in [3.8, 4) is 0 Å². The highest BCUT2D eigenvalue weighted by atomic mass is 16.5. The molecule has 0 radical (unpaired) electrons. The van der Waals surface area contributed by atoms with E-state index in [-0.39, 0.29) is 24.9 Å². The van der Waals surface area contributed by atoms with Crippen LogP contribution in [0.15, 0.2) is 60.7 Å². The molecule has 1 aliphatic carbocycles. The van der Waals surface area contributed by atoms with Gasteiger partial charge in [-0.15, -0.1) is 0 Å². The molecule has 1 aliphatic rings. The maximum atomic E-state index is 11.5. The Balaban J connectivity index is 0.000000258. The van der Waals surface area contributed by atoms with Crippen molar-refractivity contribution in [2.75, 3.05) is 13.2 Å². The molecule has 6 heteroatoms. The summed E-state index contributed by atoms with van der Waals surface area (Å²) in [6.45, 7) is 3.30. The van der Waals surface area contributed by atoms with Gasteiger partial charge in [0, 0.05) is 0 Å². The normalized spacial score (nSPS) is 20.0. The molecule has 2 aromatic rings. The van der Waals surface area contributed by atoms with E-state index in [1.807, 2.05) is 60.7 Å². The highest BCUT2D eigenvalue weighted by Gasteiger charge is 2.38. The molecule has 0 atom stereocenters. The SMILES string of the molecule is CC1CCC(CO)(C(N)=O)CC1.O=C(CCOCc1ccccc1)OCc1ccccc1. The van der Waals surface area contributed by atoms with Crippen LogP contribution in [0.1, 0.15) is 50.2 Å². The van der Waals surface area contributed by atoms with Crippen LogP contribution in [0.25, 0.3) is 0 Å². The van der Waals surface area contributed by atoms with E-state index in [0.29, 0.717) is 25.7 Å². The van der Waals surface area contributed by atoms with Crippen molar-refractivity contribution >= 4 is 11.9 Å². The summed E-state index contributed by atoms with van der Waals surface area (Å²) < 4.78 is 10.6. The standard InChI is InChI=1S/C17H18O3.C9H17NO2/c18-17(20-14-16-9-5-2-6-10-16)11-12-19-13-15-7-3-1-4-8-15;1-7-2-4-9(6-11,5-3-7)8(10)12/h1-10H,11-14H2;7,11H,2-6H2,1H3,(H2,10,12). The van der Waals surface area contributed by atoms with Gasteiger partial charge in [-0.3, -0.25) is 9.59 Å². The third-order valence-corrected chi connectivity index (χ3v) is 5.86. The van der Waals surface area contributed by atoms with Gasteiger partial charge >= 0.3 is 5.97 Å². The van der Waals surface area contributed by atoms with Crippen molar-refractivity contribution in [1.29, 1.82) is 0 Å². The van der Waals surface area contributed by atoms with E-state index in [1.165, 1.54) is 0 Å². The van der Waals surface area contributed by atoms with Gasteiger partial charge in [0.15, 0.2) is 0 Å². The first kappa shape index (κ1) is 25.6. The van der Waals surface area contributed by atoms with Gasteiger partial charge in [-0.2, -0.15) is 0 Å². The van der Waals surface area contributed by atoms with Crippen LogP contribution in [0.3, 0.4) is 0 Å². The van der Waals surface area contributed by atoms with Crippen LogP contribution in [0.4, 0.5) is 0 Å². The molecule has 0 saturated heterocycles. The number of hydrogen-bond donors (Lipinski definition) is 2. The number of primary amides is 1. The Morgan fingerprint density at radius 2 is 1.50 bits per heavy atom. The van der Waals surface area contributed by atoms with Crippen LogP contribution in [-0.4, -0.2) is 30.2 Å². The summed E-state index contributed by atoms with van der Waals surface area (Å²) in [5.74, 6) is 0.0999. The van der Waals surface area contributed by atoms with Crippen LogP contribution in [0.2, 0.25) is 0 Å². The number of ether oxygens (including phenoxy) is 2. The van der Waals surface area contributed by atoms with Crippen LogP contribution < -0.4 is 5.73 Å². The first-order valence-corrected chi connectivity index (χ1v) is 11.2. The van der Waals surface area contributed by atoms with Crippen LogP contribution in [0.5, 0.6) is 0 Å². The molecular formula is C26H35NO5. The van der Waals surface area contributed by atoms with E-state index >= 15 is 0 Å². The molecule has 0 aromatic heterocycles. The Hall–Kier alpha value is -2.70. The van der Waals surface area contributed by atoms with E-state index in [4.69, 9.17) is 20.3 Å². The number of aliphatic hydroxyl groups is 1. The van der Waals surface area contributed by atoms with E-state index in [9.17, 15) is 9.59 Å². The first-order valence-electron chi connectivity index (χ1n) is 11.2. The summed E-state index contributed by atoms with van der Waals surface area (Å²) in [4.78, 5) is 22.6. The lowest BCUT2D eigenvalue weighted by Crippen LogP contribution is -2.42. The van der Waals surface area contributed by atoms with Gasteiger partial charge in [0.1, 0.15) is 6.61 Å². The number of hydrogen-bond acceptors (Lipinski definition) is 5. The predicted molar refractivity (Wildman–Crippen MR) is 123 cm³/mol. The van der Waals surface area contributed by atoms with Crippen molar-refractivity contribution in [2.45, 2.75) is 52.2 Å². The second-order valence-electron chi connectivity index (χ2n) is 8.42. The van der Waals surface area contributed by atoms with E-state index < -0.39 is 5.41 Å². The molecule has 174 valence electrons. The Morgan fingerprint density at radius 1 is 0.969 bits per heavy atom. The Labute approximate surface area is 190 Å². The molecule has 6 nitrogen and oxygen atoms in total. The van der Waals surface area contributed by atoms with Gasteiger partial charge in [0.05, 0.1) is 31.7 Å².